The van der Waals surface area contributed by atoms with Crippen LogP contribution in [0.5, 0.6) is 5.75 Å². The van der Waals surface area contributed by atoms with Crippen LogP contribution in [0.1, 0.15) is 17.9 Å². The first-order valence-corrected chi connectivity index (χ1v) is 8.18. The van der Waals surface area contributed by atoms with Gasteiger partial charge in [-0.25, -0.2) is 4.79 Å². The van der Waals surface area contributed by atoms with E-state index in [4.69, 9.17) is 11.2 Å². The quantitative estimate of drug-likeness (QED) is 0.861. The van der Waals surface area contributed by atoms with E-state index < -0.39 is 0 Å². The molecule has 1 aromatic rings. The third-order valence-corrected chi connectivity index (χ3v) is 4.56. The second-order valence-corrected chi connectivity index (χ2v) is 6.03. The first-order valence-electron chi connectivity index (χ1n) is 8.18. The highest BCUT2D eigenvalue weighted by molar-refractivity contribution is 5.74. The molecule has 0 saturated carbocycles. The number of piperazine rings is 1. The predicted molar refractivity (Wildman–Crippen MR) is 89.5 cm³/mol. The maximum atomic E-state index is 12.3. The van der Waals surface area contributed by atoms with Crippen molar-refractivity contribution in [3.8, 4) is 18.1 Å². The van der Waals surface area contributed by atoms with E-state index in [-0.39, 0.29) is 6.03 Å². The number of nitrogens with one attached hydrogen (secondary N) is 1. The number of carbonyl (C=O) groups excluding carboxylic acids is 1. The van der Waals surface area contributed by atoms with Gasteiger partial charge in [-0.1, -0.05) is 24.1 Å². The summed E-state index contributed by atoms with van der Waals surface area (Å²) in [5.41, 5.74) is 1.19. The van der Waals surface area contributed by atoms with Gasteiger partial charge in [0.2, 0.25) is 0 Å². The zero-order valence-corrected chi connectivity index (χ0v) is 13.3. The fourth-order valence-electron chi connectivity index (χ4n) is 3.19. The minimum atomic E-state index is 0.0225. The molecule has 5 nitrogen and oxygen atoms in total. The van der Waals surface area contributed by atoms with Crippen molar-refractivity contribution in [1.82, 2.24) is 15.1 Å². The fraction of sp³-hybridized carbons (Fsp3) is 0.500. The molecule has 1 aromatic carbocycles. The van der Waals surface area contributed by atoms with E-state index in [1.165, 1.54) is 5.56 Å². The molecule has 23 heavy (non-hydrogen) atoms. The average Bonchev–Trinajstić information content (AvgIpc) is 2.60. The Morgan fingerprint density at radius 1 is 1.30 bits per heavy atom. The van der Waals surface area contributed by atoms with E-state index in [1.807, 2.05) is 23.1 Å². The number of ether oxygens (including phenoxy) is 1. The minimum absolute atomic E-state index is 0.0225. The Hall–Kier alpha value is -2.19. The highest BCUT2D eigenvalue weighted by Gasteiger charge is 2.24. The molecule has 1 fully saturated rings. The number of carbonyl (C=O) groups is 1. The number of amides is 2. The summed E-state index contributed by atoms with van der Waals surface area (Å²) in [5.74, 6) is 3.92. The van der Waals surface area contributed by atoms with Crippen molar-refractivity contribution in [1.29, 1.82) is 0 Å². The van der Waals surface area contributed by atoms with E-state index in [1.54, 1.807) is 0 Å². The molecule has 0 radical (unpaired) electrons. The Balaban J connectivity index is 1.50. The molecular weight excluding hydrogens is 290 g/mol. The molecule has 2 aliphatic heterocycles. The molecule has 0 unspecified atom stereocenters. The SMILES string of the molecule is C#CCN1CCN(C(=O)NC[C@H]2CCOc3ccccc32)CC1. The molecular formula is C18H23N3O2. The van der Waals surface area contributed by atoms with Gasteiger partial charge in [0.15, 0.2) is 0 Å². The zero-order chi connectivity index (χ0) is 16.1. The average molecular weight is 313 g/mol. The van der Waals surface area contributed by atoms with Crippen LogP contribution in [0.3, 0.4) is 0 Å². The fourth-order valence-corrected chi connectivity index (χ4v) is 3.19. The third kappa shape index (κ3) is 3.77. The summed E-state index contributed by atoms with van der Waals surface area (Å²) in [7, 11) is 0. The van der Waals surface area contributed by atoms with Crippen LogP contribution >= 0.6 is 0 Å². The summed E-state index contributed by atoms with van der Waals surface area (Å²) >= 11 is 0. The van der Waals surface area contributed by atoms with Gasteiger partial charge in [0.05, 0.1) is 13.2 Å². The summed E-state index contributed by atoms with van der Waals surface area (Å²) in [6.07, 6.45) is 6.27. The molecule has 0 spiro atoms. The van der Waals surface area contributed by atoms with Gasteiger partial charge in [0.25, 0.3) is 0 Å². The van der Waals surface area contributed by atoms with Crippen molar-refractivity contribution >= 4 is 6.03 Å². The zero-order valence-electron chi connectivity index (χ0n) is 13.3. The Morgan fingerprint density at radius 3 is 2.87 bits per heavy atom. The van der Waals surface area contributed by atoms with Crippen LogP contribution in [-0.4, -0.2) is 61.7 Å². The number of rotatable bonds is 3. The molecule has 0 aromatic heterocycles. The van der Waals surface area contributed by atoms with Crippen LogP contribution in [0, 0.1) is 12.3 Å². The van der Waals surface area contributed by atoms with E-state index in [2.05, 4.69) is 22.2 Å². The molecule has 3 rings (SSSR count). The molecule has 1 saturated heterocycles. The van der Waals surface area contributed by atoms with Crippen LogP contribution in [0.25, 0.3) is 0 Å². The lowest BCUT2D eigenvalue weighted by atomic mass is 9.93. The summed E-state index contributed by atoms with van der Waals surface area (Å²) in [4.78, 5) is 16.4. The molecule has 1 N–H and O–H groups in total. The molecule has 122 valence electrons. The van der Waals surface area contributed by atoms with Gasteiger partial charge in [-0.3, -0.25) is 4.90 Å². The maximum Gasteiger partial charge on any atom is 0.317 e. The Kier molecular flexibility index (Phi) is 5.04. The van der Waals surface area contributed by atoms with Crippen LogP contribution < -0.4 is 10.1 Å². The van der Waals surface area contributed by atoms with E-state index in [0.717, 1.165) is 38.3 Å². The first kappa shape index (κ1) is 15.7. The summed E-state index contributed by atoms with van der Waals surface area (Å²) < 4.78 is 5.67. The lowest BCUT2D eigenvalue weighted by Gasteiger charge is -2.34. The highest BCUT2D eigenvalue weighted by atomic mass is 16.5. The smallest absolute Gasteiger partial charge is 0.317 e. The molecule has 0 aliphatic carbocycles. The Labute approximate surface area is 137 Å². The number of benzene rings is 1. The van der Waals surface area contributed by atoms with Crippen molar-refractivity contribution in [3.63, 3.8) is 0 Å². The Bertz CT molecular complexity index is 588. The van der Waals surface area contributed by atoms with Gasteiger partial charge in [0.1, 0.15) is 5.75 Å². The van der Waals surface area contributed by atoms with Gasteiger partial charge in [0, 0.05) is 38.6 Å². The Morgan fingerprint density at radius 2 is 2.09 bits per heavy atom. The second kappa shape index (κ2) is 7.38. The number of para-hydroxylation sites is 1. The van der Waals surface area contributed by atoms with Crippen LogP contribution in [-0.2, 0) is 0 Å². The lowest BCUT2D eigenvalue weighted by molar-refractivity contribution is 0.147. The van der Waals surface area contributed by atoms with Crippen LogP contribution in [0.15, 0.2) is 24.3 Å². The van der Waals surface area contributed by atoms with Gasteiger partial charge in [-0.05, 0) is 18.1 Å². The minimum Gasteiger partial charge on any atom is -0.493 e. The number of fused-ring (bicyclic) bond motifs is 1. The molecule has 2 aliphatic rings. The van der Waals surface area contributed by atoms with Gasteiger partial charge < -0.3 is 15.0 Å². The summed E-state index contributed by atoms with van der Waals surface area (Å²) in [6.45, 7) is 5.19. The van der Waals surface area contributed by atoms with Gasteiger partial charge >= 0.3 is 6.03 Å². The molecule has 2 amide bonds. The highest BCUT2D eigenvalue weighted by Crippen LogP contribution is 2.32. The largest absolute Gasteiger partial charge is 0.493 e. The number of nitrogens with zero attached hydrogens (tertiary/aromatic N) is 2. The van der Waals surface area contributed by atoms with E-state index in [0.29, 0.717) is 25.6 Å². The summed E-state index contributed by atoms with van der Waals surface area (Å²) in [5, 5.41) is 3.08. The van der Waals surface area contributed by atoms with E-state index in [9.17, 15) is 4.79 Å². The van der Waals surface area contributed by atoms with Gasteiger partial charge in [-0.15, -0.1) is 6.42 Å². The molecule has 5 heteroatoms. The normalized spacial score (nSPS) is 21.0. The first-order chi connectivity index (χ1) is 11.3. The monoisotopic (exact) mass is 313 g/mol. The standard InChI is InChI=1S/C18H23N3O2/c1-2-8-20-9-11-21(12-10-20)18(22)19-14-15-7-13-23-17-6-4-3-5-16(15)17/h1,3-6,15H,7-14H2,(H,19,22)/t15-/m1/s1. The van der Waals surface area contributed by atoms with E-state index >= 15 is 0 Å². The topological polar surface area (TPSA) is 44.8 Å². The third-order valence-electron chi connectivity index (χ3n) is 4.56. The van der Waals surface area contributed by atoms with Crippen molar-refractivity contribution in [2.75, 3.05) is 45.9 Å². The van der Waals surface area contributed by atoms with Crippen molar-refractivity contribution in [2.45, 2.75) is 12.3 Å². The summed E-state index contributed by atoms with van der Waals surface area (Å²) in [6, 6.07) is 8.11. The van der Waals surface area contributed by atoms with Gasteiger partial charge in [-0.2, -0.15) is 0 Å². The van der Waals surface area contributed by atoms with Crippen molar-refractivity contribution in [2.24, 2.45) is 0 Å². The van der Waals surface area contributed by atoms with Crippen molar-refractivity contribution < 1.29 is 9.53 Å². The molecule has 0 bridgehead atoms. The van der Waals surface area contributed by atoms with Crippen LogP contribution in [0.4, 0.5) is 4.79 Å². The number of hydrogen-bond donors (Lipinski definition) is 1. The number of terminal acetylenes is 1. The maximum absolute atomic E-state index is 12.3. The predicted octanol–water partition coefficient (Wildman–Crippen LogP) is 1.51. The number of hydrogen-bond acceptors (Lipinski definition) is 3. The lowest BCUT2D eigenvalue weighted by Crippen LogP contribution is -2.52. The van der Waals surface area contributed by atoms with Crippen molar-refractivity contribution in [3.05, 3.63) is 29.8 Å². The second-order valence-electron chi connectivity index (χ2n) is 6.03. The van der Waals surface area contributed by atoms with Crippen LogP contribution in [0.2, 0.25) is 0 Å². The molecule has 2 heterocycles. The molecule has 1 atom stereocenters. The number of urea groups is 1.